The Morgan fingerprint density at radius 1 is 1.12 bits per heavy atom. The van der Waals surface area contributed by atoms with Crippen LogP contribution in [0.15, 0.2) is 0 Å². The first-order valence-electron chi connectivity index (χ1n) is 6.73. The van der Waals surface area contributed by atoms with E-state index >= 15 is 0 Å². The second-order valence-corrected chi connectivity index (χ2v) is 5.89. The van der Waals surface area contributed by atoms with E-state index in [0.29, 0.717) is 17.9 Å². The van der Waals surface area contributed by atoms with Crippen LogP contribution >= 0.6 is 0 Å². The zero-order valence-electron chi connectivity index (χ0n) is 12.4. The molecular formula is C14H30N2O. The van der Waals surface area contributed by atoms with Crippen LogP contribution in [0.3, 0.4) is 0 Å². The van der Waals surface area contributed by atoms with Gasteiger partial charge in [-0.15, -0.1) is 0 Å². The highest BCUT2D eigenvalue weighted by Gasteiger charge is 2.19. The summed E-state index contributed by atoms with van der Waals surface area (Å²) in [5, 5.41) is 3.34. The Morgan fingerprint density at radius 3 is 2.00 bits per heavy atom. The fraction of sp³-hybridized carbons (Fsp3) is 0.929. The third-order valence-corrected chi connectivity index (χ3v) is 3.11. The molecule has 0 amide bonds. The molecule has 0 bridgehead atoms. The van der Waals surface area contributed by atoms with Gasteiger partial charge in [-0.25, -0.2) is 0 Å². The Hall–Kier alpha value is -0.410. The summed E-state index contributed by atoms with van der Waals surface area (Å²) < 4.78 is 0. The van der Waals surface area contributed by atoms with Gasteiger partial charge in [0.05, 0.1) is 6.04 Å². The van der Waals surface area contributed by atoms with Gasteiger partial charge in [0.25, 0.3) is 0 Å². The first-order valence-corrected chi connectivity index (χ1v) is 6.73. The van der Waals surface area contributed by atoms with Crippen molar-refractivity contribution in [2.24, 2.45) is 11.8 Å². The van der Waals surface area contributed by atoms with Gasteiger partial charge in [0, 0.05) is 12.6 Å². The molecule has 0 fully saturated rings. The monoisotopic (exact) mass is 242 g/mol. The molecule has 0 aromatic heterocycles. The van der Waals surface area contributed by atoms with Gasteiger partial charge >= 0.3 is 0 Å². The van der Waals surface area contributed by atoms with Crippen molar-refractivity contribution in [1.82, 2.24) is 10.2 Å². The number of carbonyl (C=O) groups is 1. The molecule has 0 heterocycles. The lowest BCUT2D eigenvalue weighted by Gasteiger charge is -2.29. The van der Waals surface area contributed by atoms with Gasteiger partial charge in [-0.05, 0) is 38.8 Å². The predicted molar refractivity (Wildman–Crippen MR) is 74.2 cm³/mol. The predicted octanol–water partition coefficient (Wildman–Crippen LogP) is 2.17. The largest absolute Gasteiger partial charge is 0.316 e. The van der Waals surface area contributed by atoms with Gasteiger partial charge < -0.3 is 10.1 Å². The lowest BCUT2D eigenvalue weighted by atomic mass is 10.0. The van der Waals surface area contributed by atoms with Crippen molar-refractivity contribution >= 4 is 6.29 Å². The van der Waals surface area contributed by atoms with Crippen molar-refractivity contribution in [2.45, 2.75) is 52.6 Å². The summed E-state index contributed by atoms with van der Waals surface area (Å²) in [5.74, 6) is 1.24. The molecule has 1 N–H and O–H groups in total. The summed E-state index contributed by atoms with van der Waals surface area (Å²) in [5.41, 5.74) is 0. The minimum absolute atomic E-state index is 0.0537. The fourth-order valence-corrected chi connectivity index (χ4v) is 2.16. The molecule has 0 spiro atoms. The average Bonchev–Trinajstić information content (AvgIpc) is 2.23. The molecule has 2 unspecified atom stereocenters. The zero-order chi connectivity index (χ0) is 13.4. The van der Waals surface area contributed by atoms with Crippen molar-refractivity contribution in [2.75, 3.05) is 20.6 Å². The van der Waals surface area contributed by atoms with Crippen LogP contribution in [0.1, 0.15) is 40.5 Å². The van der Waals surface area contributed by atoms with E-state index in [2.05, 4.69) is 37.9 Å². The van der Waals surface area contributed by atoms with E-state index < -0.39 is 0 Å². The molecule has 0 aliphatic rings. The van der Waals surface area contributed by atoms with Crippen LogP contribution in [0.5, 0.6) is 0 Å². The summed E-state index contributed by atoms with van der Waals surface area (Å²) in [6, 6.07) is 0.521. The normalized spacial score (nSPS) is 15.6. The van der Waals surface area contributed by atoms with Gasteiger partial charge in [0.2, 0.25) is 0 Å². The number of nitrogens with one attached hydrogen (secondary N) is 1. The molecule has 0 aromatic carbocycles. The van der Waals surface area contributed by atoms with E-state index in [1.54, 1.807) is 0 Å². The Balaban J connectivity index is 4.26. The second kappa shape index (κ2) is 8.65. The molecule has 0 aliphatic heterocycles. The van der Waals surface area contributed by atoms with Crippen molar-refractivity contribution < 1.29 is 4.79 Å². The van der Waals surface area contributed by atoms with E-state index in [0.717, 1.165) is 25.7 Å². The lowest BCUT2D eigenvalue weighted by molar-refractivity contribution is -0.112. The first-order chi connectivity index (χ1) is 7.90. The minimum atomic E-state index is 0.0537. The number of nitrogens with zero attached hydrogens (tertiary/aromatic N) is 1. The highest BCUT2D eigenvalue weighted by molar-refractivity contribution is 5.57. The first kappa shape index (κ1) is 16.6. The fourth-order valence-electron chi connectivity index (χ4n) is 2.16. The zero-order valence-corrected chi connectivity index (χ0v) is 12.4. The van der Waals surface area contributed by atoms with E-state index in [1.807, 2.05) is 14.1 Å². The third kappa shape index (κ3) is 7.50. The second-order valence-electron chi connectivity index (χ2n) is 5.89. The Morgan fingerprint density at radius 2 is 1.65 bits per heavy atom. The van der Waals surface area contributed by atoms with E-state index in [9.17, 15) is 4.79 Å². The third-order valence-electron chi connectivity index (χ3n) is 3.11. The SMILES string of the molecule is CNC(CC(C)C)CN(C)C(C=O)CC(C)C. The molecule has 3 heteroatoms. The van der Waals surface area contributed by atoms with E-state index in [4.69, 9.17) is 0 Å². The molecular weight excluding hydrogens is 212 g/mol. The van der Waals surface area contributed by atoms with Crippen LogP contribution in [0.25, 0.3) is 0 Å². The maximum Gasteiger partial charge on any atom is 0.137 e. The number of hydrogen-bond donors (Lipinski definition) is 1. The highest BCUT2D eigenvalue weighted by Crippen LogP contribution is 2.11. The van der Waals surface area contributed by atoms with Crippen LogP contribution in [0.4, 0.5) is 0 Å². The maximum absolute atomic E-state index is 11.1. The lowest BCUT2D eigenvalue weighted by Crippen LogP contribution is -2.44. The smallest absolute Gasteiger partial charge is 0.137 e. The quantitative estimate of drug-likeness (QED) is 0.629. The molecule has 0 rings (SSSR count). The number of rotatable bonds is 9. The van der Waals surface area contributed by atoms with Gasteiger partial charge in [-0.1, -0.05) is 27.7 Å². The Bertz CT molecular complexity index is 204. The van der Waals surface area contributed by atoms with Gasteiger partial charge in [-0.2, -0.15) is 0 Å². The molecule has 0 saturated heterocycles. The minimum Gasteiger partial charge on any atom is -0.316 e. The molecule has 0 aliphatic carbocycles. The van der Waals surface area contributed by atoms with Crippen molar-refractivity contribution in [3.63, 3.8) is 0 Å². The van der Waals surface area contributed by atoms with Crippen molar-refractivity contribution in [1.29, 1.82) is 0 Å². The van der Waals surface area contributed by atoms with Crippen LogP contribution < -0.4 is 5.32 Å². The summed E-state index contributed by atoms with van der Waals surface area (Å²) in [7, 11) is 4.05. The van der Waals surface area contributed by atoms with Crippen LogP contribution in [0.2, 0.25) is 0 Å². The molecule has 2 atom stereocenters. The molecule has 3 nitrogen and oxygen atoms in total. The summed E-state index contributed by atoms with van der Waals surface area (Å²) in [6.07, 6.45) is 3.17. The molecule has 0 radical (unpaired) electrons. The number of likely N-dealkylation sites (N-methyl/N-ethyl adjacent to an activating group) is 2. The van der Waals surface area contributed by atoms with Crippen molar-refractivity contribution in [3.05, 3.63) is 0 Å². The van der Waals surface area contributed by atoms with E-state index in [1.165, 1.54) is 0 Å². The average molecular weight is 242 g/mol. The summed E-state index contributed by atoms with van der Waals surface area (Å²) >= 11 is 0. The highest BCUT2D eigenvalue weighted by atomic mass is 16.1. The Kier molecular flexibility index (Phi) is 8.44. The van der Waals surface area contributed by atoms with Crippen LogP contribution in [0, 0.1) is 11.8 Å². The van der Waals surface area contributed by atoms with Crippen LogP contribution in [-0.2, 0) is 4.79 Å². The number of carbonyl (C=O) groups excluding carboxylic acids is 1. The topological polar surface area (TPSA) is 32.3 Å². The molecule has 0 saturated carbocycles. The van der Waals surface area contributed by atoms with Gasteiger partial charge in [0.15, 0.2) is 0 Å². The van der Waals surface area contributed by atoms with Crippen LogP contribution in [-0.4, -0.2) is 43.9 Å². The number of aldehydes is 1. The molecule has 0 aromatic rings. The van der Waals surface area contributed by atoms with Gasteiger partial charge in [-0.3, -0.25) is 4.90 Å². The van der Waals surface area contributed by atoms with E-state index in [-0.39, 0.29) is 6.04 Å². The van der Waals surface area contributed by atoms with Crippen molar-refractivity contribution in [3.8, 4) is 0 Å². The molecule has 102 valence electrons. The standard InChI is InChI=1S/C14H30N2O/c1-11(2)7-13(15-5)9-16(6)14(10-17)8-12(3)4/h10-15H,7-9H2,1-6H3. The number of hydrogen-bond acceptors (Lipinski definition) is 3. The van der Waals surface area contributed by atoms with Gasteiger partial charge in [0.1, 0.15) is 6.29 Å². The Labute approximate surface area is 107 Å². The summed E-state index contributed by atoms with van der Waals surface area (Å²) in [6.45, 7) is 9.72. The summed E-state index contributed by atoms with van der Waals surface area (Å²) in [4.78, 5) is 13.3. The maximum atomic E-state index is 11.1. The molecule has 17 heavy (non-hydrogen) atoms.